The van der Waals surface area contributed by atoms with Crippen molar-refractivity contribution in [3.63, 3.8) is 0 Å². The van der Waals surface area contributed by atoms with Crippen molar-refractivity contribution in [3.05, 3.63) is 63.4 Å². The van der Waals surface area contributed by atoms with Crippen LogP contribution in [0.25, 0.3) is 6.08 Å². The Labute approximate surface area is 112 Å². The highest BCUT2D eigenvalue weighted by Gasteiger charge is 2.05. The molecule has 0 saturated carbocycles. The lowest BCUT2D eigenvalue weighted by molar-refractivity contribution is 0.105. The van der Waals surface area contributed by atoms with E-state index in [9.17, 15) is 4.79 Å². The van der Waals surface area contributed by atoms with Gasteiger partial charge in [0.05, 0.1) is 4.88 Å². The lowest BCUT2D eigenvalue weighted by Crippen LogP contribution is -1.89. The first-order valence-corrected chi connectivity index (χ1v) is 6.89. The predicted molar refractivity (Wildman–Crippen MR) is 78.2 cm³/mol. The second-order valence-corrected chi connectivity index (χ2v) is 5.34. The Morgan fingerprint density at radius 2 is 2.00 bits per heavy atom. The van der Waals surface area contributed by atoms with Crippen molar-refractivity contribution in [1.82, 2.24) is 0 Å². The third-order valence-corrected chi connectivity index (χ3v) is 4.10. The molecule has 1 aromatic heterocycles. The molecule has 0 spiro atoms. The average Bonchev–Trinajstić information content (AvgIpc) is 2.86. The van der Waals surface area contributed by atoms with Crippen LogP contribution in [0.1, 0.15) is 32.6 Å². The van der Waals surface area contributed by atoms with Gasteiger partial charge in [-0.3, -0.25) is 4.79 Å². The van der Waals surface area contributed by atoms with E-state index >= 15 is 0 Å². The zero-order valence-corrected chi connectivity index (χ0v) is 11.5. The first-order valence-electron chi connectivity index (χ1n) is 6.07. The molecule has 0 saturated heterocycles. The van der Waals surface area contributed by atoms with Crippen molar-refractivity contribution >= 4 is 23.2 Å². The van der Waals surface area contributed by atoms with Gasteiger partial charge in [-0.2, -0.15) is 0 Å². The van der Waals surface area contributed by atoms with Crippen LogP contribution in [0.15, 0.2) is 42.5 Å². The molecular weight excluding hydrogens is 240 g/mol. The quantitative estimate of drug-likeness (QED) is 0.581. The topological polar surface area (TPSA) is 17.1 Å². The lowest BCUT2D eigenvalue weighted by atomic mass is 10.1. The number of carbonyl (C=O) groups excluding carboxylic acids is 1. The average molecular weight is 256 g/mol. The minimum absolute atomic E-state index is 0.0861. The highest BCUT2D eigenvalue weighted by Crippen LogP contribution is 2.18. The van der Waals surface area contributed by atoms with E-state index in [1.165, 1.54) is 10.4 Å². The molecule has 2 aromatic rings. The monoisotopic (exact) mass is 256 g/mol. The Morgan fingerprint density at radius 1 is 1.22 bits per heavy atom. The molecule has 0 amide bonds. The number of carbonyl (C=O) groups is 1. The number of rotatable bonds is 4. The molecule has 18 heavy (non-hydrogen) atoms. The maximum Gasteiger partial charge on any atom is 0.195 e. The summed E-state index contributed by atoms with van der Waals surface area (Å²) in [6.45, 7) is 4.15. The maximum absolute atomic E-state index is 12.0. The van der Waals surface area contributed by atoms with Crippen LogP contribution in [-0.4, -0.2) is 5.78 Å². The van der Waals surface area contributed by atoms with Crippen LogP contribution < -0.4 is 0 Å². The molecule has 0 N–H and O–H groups in total. The van der Waals surface area contributed by atoms with Gasteiger partial charge in [-0.25, -0.2) is 0 Å². The van der Waals surface area contributed by atoms with E-state index in [1.54, 1.807) is 17.4 Å². The third-order valence-electron chi connectivity index (χ3n) is 2.86. The van der Waals surface area contributed by atoms with Crippen molar-refractivity contribution in [2.45, 2.75) is 20.3 Å². The van der Waals surface area contributed by atoms with E-state index in [4.69, 9.17) is 0 Å². The SMILES string of the molecule is CCc1ccc(C(=O)/C=C/c2ccccc2C)s1. The van der Waals surface area contributed by atoms with Gasteiger partial charge < -0.3 is 0 Å². The molecule has 2 heteroatoms. The predicted octanol–water partition coefficient (Wildman–Crippen LogP) is 4.52. The molecule has 0 fully saturated rings. The molecule has 0 atom stereocenters. The molecule has 0 radical (unpaired) electrons. The van der Waals surface area contributed by atoms with Crippen LogP contribution >= 0.6 is 11.3 Å². The van der Waals surface area contributed by atoms with Crippen molar-refractivity contribution in [2.75, 3.05) is 0 Å². The summed E-state index contributed by atoms with van der Waals surface area (Å²) >= 11 is 1.58. The molecule has 92 valence electrons. The number of ketones is 1. The number of hydrogen-bond donors (Lipinski definition) is 0. The van der Waals surface area contributed by atoms with Crippen molar-refractivity contribution in [2.24, 2.45) is 0 Å². The van der Waals surface area contributed by atoms with Gasteiger partial charge in [-0.1, -0.05) is 37.3 Å². The Balaban J connectivity index is 2.14. The molecule has 1 aromatic carbocycles. The summed E-state index contributed by atoms with van der Waals surface area (Å²) in [7, 11) is 0. The van der Waals surface area contributed by atoms with Crippen LogP contribution in [0.2, 0.25) is 0 Å². The molecule has 0 aliphatic heterocycles. The first kappa shape index (κ1) is 12.8. The molecular formula is C16H16OS. The fourth-order valence-electron chi connectivity index (χ4n) is 1.72. The van der Waals surface area contributed by atoms with E-state index in [0.29, 0.717) is 0 Å². The van der Waals surface area contributed by atoms with Gasteiger partial charge in [-0.15, -0.1) is 11.3 Å². The number of thiophene rings is 1. The Morgan fingerprint density at radius 3 is 2.67 bits per heavy atom. The van der Waals surface area contributed by atoms with Crippen molar-refractivity contribution in [1.29, 1.82) is 0 Å². The molecule has 0 aliphatic carbocycles. The standard InChI is InChI=1S/C16H16OS/c1-3-14-9-11-16(18-14)15(17)10-8-13-7-5-4-6-12(13)2/h4-11H,3H2,1-2H3/b10-8+. The van der Waals surface area contributed by atoms with Crippen molar-refractivity contribution < 1.29 is 4.79 Å². The van der Waals surface area contributed by atoms with Crippen LogP contribution in [-0.2, 0) is 6.42 Å². The third kappa shape index (κ3) is 2.96. The highest BCUT2D eigenvalue weighted by atomic mass is 32.1. The summed E-state index contributed by atoms with van der Waals surface area (Å²) in [5, 5.41) is 0. The number of allylic oxidation sites excluding steroid dienone is 1. The Hall–Kier alpha value is -1.67. The summed E-state index contributed by atoms with van der Waals surface area (Å²) in [6.07, 6.45) is 4.54. The zero-order valence-electron chi connectivity index (χ0n) is 10.6. The van der Waals surface area contributed by atoms with Gasteiger partial charge in [-0.05, 0) is 42.7 Å². The van der Waals surface area contributed by atoms with Crippen LogP contribution in [0.3, 0.4) is 0 Å². The second kappa shape index (κ2) is 5.78. The summed E-state index contributed by atoms with van der Waals surface area (Å²) < 4.78 is 0. The van der Waals surface area contributed by atoms with E-state index in [0.717, 1.165) is 16.9 Å². The van der Waals surface area contributed by atoms with E-state index in [-0.39, 0.29) is 5.78 Å². The maximum atomic E-state index is 12.0. The van der Waals surface area contributed by atoms with E-state index < -0.39 is 0 Å². The minimum Gasteiger partial charge on any atom is -0.288 e. The van der Waals surface area contributed by atoms with Crippen LogP contribution in [0.5, 0.6) is 0 Å². The summed E-state index contributed by atoms with van der Waals surface area (Å²) in [5.41, 5.74) is 2.28. The normalized spacial score (nSPS) is 11.0. The second-order valence-electron chi connectivity index (χ2n) is 4.17. The van der Waals surface area contributed by atoms with Gasteiger partial charge in [0.25, 0.3) is 0 Å². The Kier molecular flexibility index (Phi) is 4.11. The van der Waals surface area contributed by atoms with Crippen molar-refractivity contribution in [3.8, 4) is 0 Å². The van der Waals surface area contributed by atoms with Crippen LogP contribution in [0.4, 0.5) is 0 Å². The lowest BCUT2D eigenvalue weighted by Gasteiger charge is -1.97. The van der Waals surface area contributed by atoms with Gasteiger partial charge in [0.2, 0.25) is 0 Å². The minimum atomic E-state index is 0.0861. The fourth-order valence-corrected chi connectivity index (χ4v) is 2.59. The van der Waals surface area contributed by atoms with E-state index in [2.05, 4.69) is 6.92 Å². The van der Waals surface area contributed by atoms with Gasteiger partial charge in [0.1, 0.15) is 0 Å². The van der Waals surface area contributed by atoms with Crippen LogP contribution in [0, 0.1) is 6.92 Å². The van der Waals surface area contributed by atoms with E-state index in [1.807, 2.05) is 49.4 Å². The Bertz CT molecular complexity index is 578. The smallest absolute Gasteiger partial charge is 0.195 e. The number of aryl methyl sites for hydroxylation is 2. The summed E-state index contributed by atoms with van der Waals surface area (Å²) in [4.78, 5) is 14.1. The zero-order chi connectivity index (χ0) is 13.0. The molecule has 0 unspecified atom stereocenters. The fraction of sp³-hybridized carbons (Fsp3) is 0.188. The molecule has 1 nitrogen and oxygen atoms in total. The largest absolute Gasteiger partial charge is 0.288 e. The number of hydrogen-bond acceptors (Lipinski definition) is 2. The molecule has 0 bridgehead atoms. The molecule has 2 rings (SSSR count). The number of benzene rings is 1. The van der Waals surface area contributed by atoms with Gasteiger partial charge in [0.15, 0.2) is 5.78 Å². The highest BCUT2D eigenvalue weighted by molar-refractivity contribution is 7.14. The first-order chi connectivity index (χ1) is 8.70. The summed E-state index contributed by atoms with van der Waals surface area (Å²) in [5.74, 6) is 0.0861. The van der Waals surface area contributed by atoms with Gasteiger partial charge >= 0.3 is 0 Å². The summed E-state index contributed by atoms with van der Waals surface area (Å²) in [6, 6.07) is 12.0. The molecule has 0 aliphatic rings. The molecule has 1 heterocycles. The van der Waals surface area contributed by atoms with Gasteiger partial charge in [0, 0.05) is 4.88 Å².